The van der Waals surface area contributed by atoms with Gasteiger partial charge >= 0.3 is 0 Å². The summed E-state index contributed by atoms with van der Waals surface area (Å²) in [5.41, 5.74) is 1.84. The monoisotopic (exact) mass is 206 g/mol. The molecule has 2 heteroatoms. The highest BCUT2D eigenvalue weighted by Crippen LogP contribution is 2.05. The highest BCUT2D eigenvalue weighted by atomic mass is 16.5. The number of rotatable bonds is 7. The Morgan fingerprint density at radius 3 is 2.53 bits per heavy atom. The van der Waals surface area contributed by atoms with E-state index in [9.17, 15) is 4.79 Å². The Balaban J connectivity index is 2.22. The zero-order valence-electron chi connectivity index (χ0n) is 9.24. The van der Waals surface area contributed by atoms with E-state index in [1.807, 2.05) is 24.3 Å². The third-order valence-corrected chi connectivity index (χ3v) is 2.28. The van der Waals surface area contributed by atoms with Crippen LogP contribution in [0.4, 0.5) is 0 Å². The van der Waals surface area contributed by atoms with Crippen LogP contribution in [-0.2, 0) is 11.3 Å². The van der Waals surface area contributed by atoms with Gasteiger partial charge in [0.2, 0.25) is 0 Å². The molecule has 0 saturated carbocycles. The lowest BCUT2D eigenvalue weighted by Gasteiger charge is -2.03. The zero-order valence-corrected chi connectivity index (χ0v) is 9.24. The van der Waals surface area contributed by atoms with Gasteiger partial charge in [-0.1, -0.05) is 44.0 Å². The molecule has 0 bridgehead atoms. The van der Waals surface area contributed by atoms with Crippen LogP contribution in [0.3, 0.4) is 0 Å². The first-order valence-electron chi connectivity index (χ1n) is 5.48. The van der Waals surface area contributed by atoms with Crippen molar-refractivity contribution in [2.45, 2.75) is 32.8 Å². The molecular formula is C13H18O2. The molecule has 2 nitrogen and oxygen atoms in total. The van der Waals surface area contributed by atoms with Gasteiger partial charge in [-0.25, -0.2) is 0 Å². The fourth-order valence-corrected chi connectivity index (χ4v) is 1.34. The van der Waals surface area contributed by atoms with Gasteiger partial charge in [-0.3, -0.25) is 4.79 Å². The summed E-state index contributed by atoms with van der Waals surface area (Å²) in [6.45, 7) is 3.64. The standard InChI is InChI=1S/C13H18O2/c1-2-3-4-9-15-11-13-7-5-12(10-14)6-8-13/h5-8,10H,2-4,9,11H2,1H3. The van der Waals surface area contributed by atoms with Crippen molar-refractivity contribution in [2.24, 2.45) is 0 Å². The molecule has 0 unspecified atom stereocenters. The molecule has 0 fully saturated rings. The third-order valence-electron chi connectivity index (χ3n) is 2.28. The van der Waals surface area contributed by atoms with E-state index in [0.29, 0.717) is 12.2 Å². The molecule has 15 heavy (non-hydrogen) atoms. The van der Waals surface area contributed by atoms with Crippen LogP contribution < -0.4 is 0 Å². The van der Waals surface area contributed by atoms with Gasteiger partial charge in [-0.15, -0.1) is 0 Å². The Morgan fingerprint density at radius 1 is 1.20 bits per heavy atom. The summed E-state index contributed by atoms with van der Waals surface area (Å²) in [7, 11) is 0. The van der Waals surface area contributed by atoms with E-state index in [-0.39, 0.29) is 0 Å². The van der Waals surface area contributed by atoms with Gasteiger partial charge in [0.05, 0.1) is 6.61 Å². The SMILES string of the molecule is CCCCCOCc1ccc(C=O)cc1. The van der Waals surface area contributed by atoms with Crippen LogP contribution in [0.2, 0.25) is 0 Å². The van der Waals surface area contributed by atoms with Crippen LogP contribution in [0.1, 0.15) is 42.1 Å². The highest BCUT2D eigenvalue weighted by molar-refractivity contribution is 5.74. The average Bonchev–Trinajstić information content (AvgIpc) is 2.30. The molecule has 1 aromatic carbocycles. The summed E-state index contributed by atoms with van der Waals surface area (Å²) in [5.74, 6) is 0. The summed E-state index contributed by atoms with van der Waals surface area (Å²) in [6, 6.07) is 7.50. The molecule has 0 aromatic heterocycles. The van der Waals surface area contributed by atoms with Crippen LogP contribution in [0.25, 0.3) is 0 Å². The minimum atomic E-state index is 0.642. The second-order valence-electron chi connectivity index (χ2n) is 3.62. The van der Waals surface area contributed by atoms with Gasteiger partial charge in [0.1, 0.15) is 6.29 Å². The number of ether oxygens (including phenoxy) is 1. The first kappa shape index (κ1) is 11.9. The van der Waals surface area contributed by atoms with E-state index >= 15 is 0 Å². The van der Waals surface area contributed by atoms with Gasteiger partial charge in [-0.2, -0.15) is 0 Å². The van der Waals surface area contributed by atoms with Gasteiger partial charge < -0.3 is 4.74 Å². The molecule has 0 amide bonds. The van der Waals surface area contributed by atoms with E-state index in [2.05, 4.69) is 6.92 Å². The molecular weight excluding hydrogens is 188 g/mol. The Hall–Kier alpha value is -1.15. The second kappa shape index (κ2) is 7.18. The van der Waals surface area contributed by atoms with Crippen molar-refractivity contribution in [2.75, 3.05) is 6.61 Å². The lowest BCUT2D eigenvalue weighted by Crippen LogP contribution is -1.95. The Morgan fingerprint density at radius 2 is 1.93 bits per heavy atom. The number of hydrogen-bond donors (Lipinski definition) is 0. The van der Waals surface area contributed by atoms with Gasteiger partial charge in [0.25, 0.3) is 0 Å². The minimum Gasteiger partial charge on any atom is -0.377 e. The molecule has 0 aliphatic rings. The van der Waals surface area contributed by atoms with Crippen molar-refractivity contribution in [1.29, 1.82) is 0 Å². The van der Waals surface area contributed by atoms with Crippen LogP contribution in [-0.4, -0.2) is 12.9 Å². The molecule has 1 rings (SSSR count). The fourth-order valence-electron chi connectivity index (χ4n) is 1.34. The van der Waals surface area contributed by atoms with Crippen molar-refractivity contribution in [1.82, 2.24) is 0 Å². The topological polar surface area (TPSA) is 26.3 Å². The number of unbranched alkanes of at least 4 members (excludes halogenated alkanes) is 2. The fraction of sp³-hybridized carbons (Fsp3) is 0.462. The van der Waals surface area contributed by atoms with Gasteiger partial charge in [0, 0.05) is 12.2 Å². The molecule has 0 heterocycles. The number of carbonyl (C=O) groups excluding carboxylic acids is 1. The first-order chi connectivity index (χ1) is 7.36. The van der Waals surface area contributed by atoms with E-state index in [1.165, 1.54) is 12.8 Å². The normalized spacial score (nSPS) is 10.2. The summed E-state index contributed by atoms with van der Waals surface area (Å²) in [4.78, 5) is 10.4. The predicted molar refractivity (Wildman–Crippen MR) is 61.0 cm³/mol. The molecule has 1 aromatic rings. The minimum absolute atomic E-state index is 0.642. The molecule has 0 saturated heterocycles. The van der Waals surface area contributed by atoms with Gasteiger partial charge in [-0.05, 0) is 12.0 Å². The van der Waals surface area contributed by atoms with Crippen molar-refractivity contribution in [3.05, 3.63) is 35.4 Å². The van der Waals surface area contributed by atoms with Crippen LogP contribution >= 0.6 is 0 Å². The lowest BCUT2D eigenvalue weighted by molar-refractivity contribution is 0.112. The molecule has 0 radical (unpaired) electrons. The van der Waals surface area contributed by atoms with Crippen molar-refractivity contribution in [3.63, 3.8) is 0 Å². The lowest BCUT2D eigenvalue weighted by atomic mass is 10.2. The predicted octanol–water partition coefficient (Wildman–Crippen LogP) is 3.21. The van der Waals surface area contributed by atoms with Crippen molar-refractivity contribution < 1.29 is 9.53 Å². The molecule has 82 valence electrons. The van der Waals surface area contributed by atoms with Crippen molar-refractivity contribution in [3.8, 4) is 0 Å². The Kier molecular flexibility index (Phi) is 5.71. The molecule has 0 N–H and O–H groups in total. The Labute approximate surface area is 91.3 Å². The van der Waals surface area contributed by atoms with E-state index in [1.54, 1.807) is 0 Å². The maximum absolute atomic E-state index is 10.4. The van der Waals surface area contributed by atoms with Crippen molar-refractivity contribution >= 4 is 6.29 Å². The van der Waals surface area contributed by atoms with Crippen LogP contribution in [0.15, 0.2) is 24.3 Å². The summed E-state index contributed by atoms with van der Waals surface area (Å²) in [6.07, 6.45) is 4.43. The zero-order chi connectivity index (χ0) is 10.9. The first-order valence-corrected chi connectivity index (χ1v) is 5.48. The second-order valence-corrected chi connectivity index (χ2v) is 3.62. The van der Waals surface area contributed by atoms with E-state index < -0.39 is 0 Å². The smallest absolute Gasteiger partial charge is 0.150 e. The van der Waals surface area contributed by atoms with E-state index in [0.717, 1.165) is 24.9 Å². The number of benzene rings is 1. The highest BCUT2D eigenvalue weighted by Gasteiger charge is 1.94. The largest absolute Gasteiger partial charge is 0.377 e. The quantitative estimate of drug-likeness (QED) is 0.506. The van der Waals surface area contributed by atoms with Crippen LogP contribution in [0, 0.1) is 0 Å². The number of carbonyl (C=O) groups is 1. The average molecular weight is 206 g/mol. The third kappa shape index (κ3) is 4.75. The maximum Gasteiger partial charge on any atom is 0.150 e. The molecule has 0 aliphatic heterocycles. The summed E-state index contributed by atoms with van der Waals surface area (Å²) < 4.78 is 5.51. The molecule has 0 aliphatic carbocycles. The molecule has 0 spiro atoms. The van der Waals surface area contributed by atoms with Gasteiger partial charge in [0.15, 0.2) is 0 Å². The van der Waals surface area contributed by atoms with Crippen LogP contribution in [0.5, 0.6) is 0 Å². The summed E-state index contributed by atoms with van der Waals surface area (Å²) >= 11 is 0. The maximum atomic E-state index is 10.4. The summed E-state index contributed by atoms with van der Waals surface area (Å²) in [5, 5.41) is 0. The van der Waals surface area contributed by atoms with E-state index in [4.69, 9.17) is 4.74 Å². The number of hydrogen-bond acceptors (Lipinski definition) is 2. The molecule has 0 atom stereocenters. The number of aldehydes is 1. The Bertz CT molecular complexity index is 277.